The lowest BCUT2D eigenvalue weighted by Crippen LogP contribution is -2.29. The van der Waals surface area contributed by atoms with E-state index in [-0.39, 0.29) is 32.0 Å². The second kappa shape index (κ2) is 9.01. The molecule has 2 fully saturated rings. The van der Waals surface area contributed by atoms with Gasteiger partial charge in [0.25, 0.3) is 15.9 Å². The molecule has 0 unspecified atom stereocenters. The monoisotopic (exact) mass is 497 g/mol. The van der Waals surface area contributed by atoms with Crippen LogP contribution in [0.1, 0.15) is 36.0 Å². The Hall–Kier alpha value is -2.14. The number of hydrogen-bond donors (Lipinski definition) is 1. The minimum Gasteiger partial charge on any atom is -0.339 e. The number of halogens is 1. The van der Waals surface area contributed by atoms with Crippen LogP contribution in [0.4, 0.5) is 5.69 Å². The van der Waals surface area contributed by atoms with Gasteiger partial charge >= 0.3 is 0 Å². The third-order valence-electron chi connectivity index (χ3n) is 5.69. The van der Waals surface area contributed by atoms with E-state index in [0.717, 1.165) is 25.7 Å². The predicted molar refractivity (Wildman–Crippen MR) is 122 cm³/mol. The molecular formula is C21H24ClN3O5S2. The van der Waals surface area contributed by atoms with Crippen molar-refractivity contribution in [1.29, 1.82) is 0 Å². The van der Waals surface area contributed by atoms with Crippen LogP contribution in [0.3, 0.4) is 0 Å². The zero-order valence-electron chi connectivity index (χ0n) is 17.3. The highest BCUT2D eigenvalue weighted by molar-refractivity contribution is 7.92. The largest absolute Gasteiger partial charge is 0.339 e. The molecule has 0 atom stereocenters. The Bertz CT molecular complexity index is 1220. The Morgan fingerprint density at radius 3 is 2.00 bits per heavy atom. The summed E-state index contributed by atoms with van der Waals surface area (Å²) in [6.45, 7) is 2.18. The second-order valence-corrected chi connectivity index (χ2v) is 11.9. The summed E-state index contributed by atoms with van der Waals surface area (Å²) in [6, 6.07) is 9.52. The van der Waals surface area contributed by atoms with Crippen LogP contribution in [0.5, 0.6) is 0 Å². The molecule has 0 saturated carbocycles. The summed E-state index contributed by atoms with van der Waals surface area (Å²) in [7, 11) is -7.72. The molecule has 2 aromatic rings. The zero-order chi connectivity index (χ0) is 22.9. The van der Waals surface area contributed by atoms with Crippen molar-refractivity contribution in [3.05, 3.63) is 53.1 Å². The van der Waals surface area contributed by atoms with Gasteiger partial charge in [-0.15, -0.1) is 0 Å². The topological polar surface area (TPSA) is 104 Å². The van der Waals surface area contributed by atoms with Crippen LogP contribution in [-0.4, -0.2) is 58.1 Å². The SMILES string of the molecule is O=C(c1ccc(Cl)cc1NS(=O)(=O)c1ccc(S(=O)(=O)N2CCCC2)cc1)N1CCCC1. The number of carbonyl (C=O) groups is 1. The Morgan fingerprint density at radius 1 is 0.812 bits per heavy atom. The fourth-order valence-electron chi connectivity index (χ4n) is 3.95. The van der Waals surface area contributed by atoms with E-state index in [4.69, 9.17) is 11.6 Å². The minimum atomic E-state index is -4.08. The second-order valence-electron chi connectivity index (χ2n) is 7.88. The highest BCUT2D eigenvalue weighted by Crippen LogP contribution is 2.27. The maximum atomic E-state index is 13.0. The number of likely N-dealkylation sites (tertiary alicyclic amines) is 1. The van der Waals surface area contributed by atoms with Gasteiger partial charge in [-0.05, 0) is 68.1 Å². The van der Waals surface area contributed by atoms with E-state index in [1.165, 1.54) is 40.7 Å². The van der Waals surface area contributed by atoms with Gasteiger partial charge in [0.2, 0.25) is 10.0 Å². The van der Waals surface area contributed by atoms with E-state index in [2.05, 4.69) is 4.72 Å². The van der Waals surface area contributed by atoms with E-state index < -0.39 is 20.0 Å². The Morgan fingerprint density at radius 2 is 1.38 bits per heavy atom. The molecule has 2 saturated heterocycles. The lowest BCUT2D eigenvalue weighted by molar-refractivity contribution is 0.0794. The fraction of sp³-hybridized carbons (Fsp3) is 0.381. The normalized spacial score (nSPS) is 17.6. The quantitative estimate of drug-likeness (QED) is 0.660. The third kappa shape index (κ3) is 4.63. The molecule has 0 spiro atoms. The Labute approximate surface area is 193 Å². The lowest BCUT2D eigenvalue weighted by Gasteiger charge is -2.19. The molecule has 0 aromatic heterocycles. The molecule has 4 rings (SSSR count). The number of nitrogens with zero attached hydrogens (tertiary/aromatic N) is 2. The molecule has 0 radical (unpaired) electrons. The molecule has 1 N–H and O–H groups in total. The van der Waals surface area contributed by atoms with Crippen LogP contribution >= 0.6 is 11.6 Å². The molecule has 2 aliphatic rings. The van der Waals surface area contributed by atoms with E-state index in [0.29, 0.717) is 26.2 Å². The Balaban J connectivity index is 1.60. The molecule has 8 nitrogen and oxygen atoms in total. The number of benzene rings is 2. The number of amides is 1. The van der Waals surface area contributed by atoms with E-state index in [1.807, 2.05) is 0 Å². The smallest absolute Gasteiger partial charge is 0.261 e. The van der Waals surface area contributed by atoms with Crippen LogP contribution in [0, 0.1) is 0 Å². The van der Waals surface area contributed by atoms with E-state index in [1.54, 1.807) is 11.0 Å². The van der Waals surface area contributed by atoms with Crippen molar-refractivity contribution in [2.24, 2.45) is 0 Å². The first-order valence-corrected chi connectivity index (χ1v) is 13.7. The average molecular weight is 498 g/mol. The van der Waals surface area contributed by atoms with Crippen molar-refractivity contribution < 1.29 is 21.6 Å². The van der Waals surface area contributed by atoms with Gasteiger partial charge in [0.1, 0.15) is 0 Å². The summed E-state index contributed by atoms with van der Waals surface area (Å²) in [4.78, 5) is 14.5. The molecule has 2 heterocycles. The first-order valence-electron chi connectivity index (χ1n) is 10.4. The summed E-state index contributed by atoms with van der Waals surface area (Å²) in [5.41, 5.74) is 0.302. The number of sulfonamides is 2. The number of nitrogens with one attached hydrogen (secondary N) is 1. The third-order valence-corrected chi connectivity index (χ3v) is 9.22. The van der Waals surface area contributed by atoms with Crippen molar-refractivity contribution in [2.75, 3.05) is 30.9 Å². The first-order chi connectivity index (χ1) is 15.2. The van der Waals surface area contributed by atoms with Gasteiger partial charge < -0.3 is 4.90 Å². The molecule has 2 aromatic carbocycles. The van der Waals surface area contributed by atoms with Gasteiger partial charge in [0.05, 0.1) is 21.0 Å². The van der Waals surface area contributed by atoms with Crippen LogP contribution in [0.15, 0.2) is 52.3 Å². The highest BCUT2D eigenvalue weighted by Gasteiger charge is 2.28. The number of rotatable bonds is 6. The van der Waals surface area contributed by atoms with Crippen LogP contribution in [-0.2, 0) is 20.0 Å². The number of carbonyl (C=O) groups excluding carboxylic acids is 1. The summed E-state index contributed by atoms with van der Waals surface area (Å²) >= 11 is 6.06. The number of hydrogen-bond acceptors (Lipinski definition) is 5. The maximum Gasteiger partial charge on any atom is 0.261 e. The van der Waals surface area contributed by atoms with Crippen molar-refractivity contribution in [1.82, 2.24) is 9.21 Å². The van der Waals surface area contributed by atoms with Crippen molar-refractivity contribution in [3.8, 4) is 0 Å². The zero-order valence-corrected chi connectivity index (χ0v) is 19.7. The standard InChI is InChI=1S/C21H24ClN3O5S2/c22-16-5-10-19(21(26)24-11-1-2-12-24)20(15-16)23-31(27,28)17-6-8-18(9-7-17)32(29,30)25-13-3-4-14-25/h5-10,15,23H,1-4,11-14H2. The van der Waals surface area contributed by atoms with Crippen molar-refractivity contribution in [2.45, 2.75) is 35.5 Å². The van der Waals surface area contributed by atoms with Crippen LogP contribution in [0.25, 0.3) is 0 Å². The van der Waals surface area contributed by atoms with Gasteiger partial charge in [0, 0.05) is 31.2 Å². The van der Waals surface area contributed by atoms with Gasteiger partial charge in [-0.2, -0.15) is 4.31 Å². The molecule has 0 aliphatic carbocycles. The maximum absolute atomic E-state index is 13.0. The van der Waals surface area contributed by atoms with Gasteiger partial charge in [-0.1, -0.05) is 11.6 Å². The van der Waals surface area contributed by atoms with Gasteiger partial charge in [-0.3, -0.25) is 9.52 Å². The fourth-order valence-corrected chi connectivity index (χ4v) is 6.71. The summed E-state index contributed by atoms with van der Waals surface area (Å²) in [5.74, 6) is -0.260. The van der Waals surface area contributed by atoms with Gasteiger partial charge in [-0.25, -0.2) is 16.8 Å². The Kier molecular flexibility index (Phi) is 6.49. The van der Waals surface area contributed by atoms with Crippen LogP contribution in [0.2, 0.25) is 5.02 Å². The predicted octanol–water partition coefficient (Wildman–Crippen LogP) is 3.16. The summed E-state index contributed by atoms with van der Waals surface area (Å²) < 4.78 is 55.2. The summed E-state index contributed by atoms with van der Waals surface area (Å²) in [6.07, 6.45) is 3.45. The summed E-state index contributed by atoms with van der Waals surface area (Å²) in [5, 5.41) is 0.285. The van der Waals surface area contributed by atoms with Crippen LogP contribution < -0.4 is 4.72 Å². The van der Waals surface area contributed by atoms with E-state index in [9.17, 15) is 21.6 Å². The molecule has 1 amide bonds. The van der Waals surface area contributed by atoms with Gasteiger partial charge in [0.15, 0.2) is 0 Å². The highest BCUT2D eigenvalue weighted by atomic mass is 35.5. The minimum absolute atomic E-state index is 0.0472. The van der Waals surface area contributed by atoms with Crippen molar-refractivity contribution >= 4 is 43.2 Å². The molecule has 0 bridgehead atoms. The molecule has 172 valence electrons. The molecule has 11 heteroatoms. The van der Waals surface area contributed by atoms with Crippen molar-refractivity contribution in [3.63, 3.8) is 0 Å². The number of anilines is 1. The molecule has 2 aliphatic heterocycles. The lowest BCUT2D eigenvalue weighted by atomic mass is 10.1. The van der Waals surface area contributed by atoms with E-state index >= 15 is 0 Å². The molecular weight excluding hydrogens is 474 g/mol. The average Bonchev–Trinajstić information content (AvgIpc) is 3.48. The first kappa shape index (κ1) is 23.0. The molecule has 32 heavy (non-hydrogen) atoms.